The highest BCUT2D eigenvalue weighted by Crippen LogP contribution is 2.24. The van der Waals surface area contributed by atoms with Crippen LogP contribution in [0.25, 0.3) is 16.5 Å². The summed E-state index contributed by atoms with van der Waals surface area (Å²) in [6, 6.07) is 9.63. The number of carbonyl (C=O) groups excluding carboxylic acids is 1. The van der Waals surface area contributed by atoms with Crippen LogP contribution in [0.15, 0.2) is 59.4 Å². The van der Waals surface area contributed by atoms with Crippen molar-refractivity contribution >= 4 is 40.6 Å². The molecule has 0 unspecified atom stereocenters. The van der Waals surface area contributed by atoms with Gasteiger partial charge in [-0.25, -0.2) is 4.98 Å². The number of morpholine rings is 1. The number of nitrogens with zero attached hydrogens (tertiary/aromatic N) is 5. The number of aromatic nitrogens is 3. The van der Waals surface area contributed by atoms with Crippen LogP contribution in [0.2, 0.25) is 0 Å². The van der Waals surface area contributed by atoms with Gasteiger partial charge in [-0.2, -0.15) is 5.10 Å². The highest BCUT2D eigenvalue weighted by Gasteiger charge is 2.16. The second-order valence-electron chi connectivity index (χ2n) is 9.55. The molecule has 4 rings (SSSR count). The number of fused-ring (bicyclic) bond motifs is 1. The zero-order valence-electron chi connectivity index (χ0n) is 22.3. The van der Waals surface area contributed by atoms with Gasteiger partial charge in [0.2, 0.25) is 0 Å². The number of allylic oxidation sites excluding steroid dienone is 1. The van der Waals surface area contributed by atoms with Gasteiger partial charge in [-0.15, -0.1) is 0 Å². The number of likely N-dealkylation sites (N-methyl/N-ethyl adjacent to an activating group) is 1. The fourth-order valence-corrected chi connectivity index (χ4v) is 4.22. The van der Waals surface area contributed by atoms with Crippen LogP contribution in [0.1, 0.15) is 23.0 Å². The molecular weight excluding hydrogens is 480 g/mol. The maximum atomic E-state index is 13.1. The highest BCUT2D eigenvalue weighted by molar-refractivity contribution is 6.11. The van der Waals surface area contributed by atoms with Crippen molar-refractivity contribution in [3.05, 3.63) is 65.6 Å². The second kappa shape index (κ2) is 13.1. The predicted octanol–water partition coefficient (Wildman–Crippen LogP) is 3.50. The molecule has 200 valence electrons. The van der Waals surface area contributed by atoms with Crippen LogP contribution in [-0.4, -0.2) is 97.6 Å². The summed E-state index contributed by atoms with van der Waals surface area (Å²) in [7, 11) is 4.04. The molecule has 3 heterocycles. The number of nitrogens with one attached hydrogen (secondary N) is 3. The zero-order chi connectivity index (χ0) is 26.9. The Balaban J connectivity index is 1.47. The molecule has 10 nitrogen and oxygen atoms in total. The maximum Gasteiger partial charge on any atom is 0.276 e. The van der Waals surface area contributed by atoms with Gasteiger partial charge in [0, 0.05) is 44.3 Å². The molecule has 2 aromatic heterocycles. The lowest BCUT2D eigenvalue weighted by Crippen LogP contribution is -2.37. The number of benzene rings is 1. The molecule has 1 saturated heterocycles. The minimum Gasteiger partial charge on any atom is -0.379 e. The normalized spacial score (nSPS) is 15.2. The third-order valence-electron chi connectivity index (χ3n) is 6.29. The Bertz CT molecular complexity index is 1300. The molecule has 1 amide bonds. The first kappa shape index (κ1) is 27.2. The fraction of sp³-hybridized carbons (Fsp3) is 0.357. The fourth-order valence-electron chi connectivity index (χ4n) is 4.22. The van der Waals surface area contributed by atoms with Crippen LogP contribution in [0, 0.1) is 0 Å². The monoisotopic (exact) mass is 516 g/mol. The Kier molecular flexibility index (Phi) is 9.36. The highest BCUT2D eigenvalue weighted by atomic mass is 16.5. The second-order valence-corrected chi connectivity index (χ2v) is 9.55. The third-order valence-corrected chi connectivity index (χ3v) is 6.29. The van der Waals surface area contributed by atoms with Crippen LogP contribution >= 0.6 is 0 Å². The molecule has 1 aliphatic rings. The van der Waals surface area contributed by atoms with E-state index >= 15 is 0 Å². The Morgan fingerprint density at radius 3 is 2.79 bits per heavy atom. The standard InChI is InChI=1S/C28H36N8O2/c1-20(15-21(17-29-2)19-36-11-13-38-14-12-36)22-5-7-25-24(16-22)27(34-33-25)28(37)32-23-6-8-26(31-18-23)30-9-10-35(3)4/h5-8,15-18H,2,9-14,19H2,1,3-4H3,(H,30,31)(H,32,37)(H,33,34)/b20-15+,21-17+. The summed E-state index contributed by atoms with van der Waals surface area (Å²) in [5.41, 5.74) is 4.86. The van der Waals surface area contributed by atoms with E-state index in [0.717, 1.165) is 79.4 Å². The molecule has 0 atom stereocenters. The van der Waals surface area contributed by atoms with Crippen LogP contribution in [0.4, 0.5) is 11.5 Å². The van der Waals surface area contributed by atoms with E-state index in [-0.39, 0.29) is 5.91 Å². The van der Waals surface area contributed by atoms with Crippen molar-refractivity contribution in [1.29, 1.82) is 0 Å². The minimum absolute atomic E-state index is 0.297. The van der Waals surface area contributed by atoms with E-state index in [4.69, 9.17) is 4.74 Å². The molecule has 1 aromatic carbocycles. The van der Waals surface area contributed by atoms with Crippen molar-refractivity contribution in [3.63, 3.8) is 0 Å². The first-order valence-corrected chi connectivity index (χ1v) is 12.7. The van der Waals surface area contributed by atoms with E-state index in [1.807, 2.05) is 44.4 Å². The number of H-pyrrole nitrogens is 1. The van der Waals surface area contributed by atoms with Gasteiger partial charge in [-0.3, -0.25) is 19.8 Å². The SMILES string of the molecule is C=N/C=C(\C=C(/C)c1ccc2[nH]nc(C(=O)Nc3ccc(NCCN(C)C)nc3)c2c1)CN1CCOCC1. The Morgan fingerprint density at radius 2 is 2.08 bits per heavy atom. The number of carbonyl (C=O) groups is 1. The van der Waals surface area contributed by atoms with Crippen molar-refractivity contribution in [1.82, 2.24) is 25.0 Å². The average molecular weight is 517 g/mol. The number of hydrogen-bond acceptors (Lipinski definition) is 8. The van der Waals surface area contributed by atoms with Crippen LogP contribution in [0.5, 0.6) is 0 Å². The topological polar surface area (TPSA) is 111 Å². The maximum absolute atomic E-state index is 13.1. The number of rotatable bonds is 11. The first-order chi connectivity index (χ1) is 18.4. The predicted molar refractivity (Wildman–Crippen MR) is 154 cm³/mol. The van der Waals surface area contributed by atoms with E-state index in [9.17, 15) is 4.79 Å². The first-order valence-electron chi connectivity index (χ1n) is 12.7. The summed E-state index contributed by atoms with van der Waals surface area (Å²) in [5, 5.41) is 14.2. The summed E-state index contributed by atoms with van der Waals surface area (Å²) in [6.45, 7) is 11.4. The lowest BCUT2D eigenvalue weighted by molar-refractivity contribution is 0.0426. The van der Waals surface area contributed by atoms with Crippen LogP contribution < -0.4 is 10.6 Å². The van der Waals surface area contributed by atoms with E-state index < -0.39 is 0 Å². The Hall–Kier alpha value is -3.86. The Morgan fingerprint density at radius 1 is 1.26 bits per heavy atom. The summed E-state index contributed by atoms with van der Waals surface area (Å²) in [5.74, 6) is 0.463. The average Bonchev–Trinajstić information content (AvgIpc) is 3.34. The van der Waals surface area contributed by atoms with E-state index in [1.165, 1.54) is 0 Å². The molecule has 3 aromatic rings. The lowest BCUT2D eigenvalue weighted by Gasteiger charge is -2.26. The number of aromatic amines is 1. The molecule has 1 fully saturated rings. The molecule has 0 saturated carbocycles. The summed E-state index contributed by atoms with van der Waals surface area (Å²) in [6.07, 6.45) is 5.55. The minimum atomic E-state index is -0.297. The quantitative estimate of drug-likeness (QED) is 0.264. The molecule has 1 aliphatic heterocycles. The number of ether oxygens (including phenoxy) is 1. The Labute approximate surface area is 223 Å². The largest absolute Gasteiger partial charge is 0.379 e. The van der Waals surface area contributed by atoms with Gasteiger partial charge in [-0.1, -0.05) is 12.1 Å². The van der Waals surface area contributed by atoms with Gasteiger partial charge in [0.15, 0.2) is 5.69 Å². The summed E-state index contributed by atoms with van der Waals surface area (Å²) >= 11 is 0. The zero-order valence-corrected chi connectivity index (χ0v) is 22.3. The van der Waals surface area contributed by atoms with Crippen LogP contribution in [-0.2, 0) is 4.74 Å². The number of pyridine rings is 1. The third kappa shape index (κ3) is 7.34. The van der Waals surface area contributed by atoms with Crippen LogP contribution in [0.3, 0.4) is 0 Å². The lowest BCUT2D eigenvalue weighted by atomic mass is 10.0. The molecule has 0 spiro atoms. The number of hydrogen-bond donors (Lipinski definition) is 3. The molecule has 0 radical (unpaired) electrons. The summed E-state index contributed by atoms with van der Waals surface area (Å²) in [4.78, 5) is 25.9. The molecule has 0 aliphatic carbocycles. The smallest absolute Gasteiger partial charge is 0.276 e. The van der Waals surface area contributed by atoms with Gasteiger partial charge in [-0.05, 0) is 68.7 Å². The van der Waals surface area contributed by atoms with E-state index in [0.29, 0.717) is 11.4 Å². The van der Waals surface area contributed by atoms with Crippen molar-refractivity contribution in [3.8, 4) is 0 Å². The van der Waals surface area contributed by atoms with Crippen molar-refractivity contribution in [2.75, 3.05) is 70.7 Å². The van der Waals surface area contributed by atoms with Gasteiger partial charge < -0.3 is 20.3 Å². The molecule has 10 heteroatoms. The van der Waals surface area contributed by atoms with Gasteiger partial charge in [0.05, 0.1) is 30.6 Å². The molecule has 38 heavy (non-hydrogen) atoms. The molecule has 0 bridgehead atoms. The van der Waals surface area contributed by atoms with E-state index in [2.05, 4.69) is 60.3 Å². The number of aliphatic imine (C=N–C) groups is 1. The van der Waals surface area contributed by atoms with Gasteiger partial charge in [0.1, 0.15) is 5.82 Å². The molecular formula is C28H36N8O2. The van der Waals surface area contributed by atoms with Crippen molar-refractivity contribution in [2.45, 2.75) is 6.92 Å². The van der Waals surface area contributed by atoms with Crippen molar-refractivity contribution in [2.24, 2.45) is 4.99 Å². The number of anilines is 2. The number of amides is 1. The van der Waals surface area contributed by atoms with Gasteiger partial charge in [0.25, 0.3) is 5.91 Å². The summed E-state index contributed by atoms with van der Waals surface area (Å²) < 4.78 is 5.46. The molecule has 3 N–H and O–H groups in total. The van der Waals surface area contributed by atoms with Crippen molar-refractivity contribution < 1.29 is 9.53 Å². The van der Waals surface area contributed by atoms with E-state index in [1.54, 1.807) is 12.4 Å². The van der Waals surface area contributed by atoms with Gasteiger partial charge >= 0.3 is 0 Å².